The zero-order valence-corrected chi connectivity index (χ0v) is 10.5. The predicted molar refractivity (Wildman–Crippen MR) is 65.0 cm³/mol. The standard InChI is InChI=1S/C12H17NO2S/c1-8(7-14)13(2)12(15)11-6-9-4-3-5-10(9)16-11/h6,8,14H,3-5,7H2,1-2H3. The second kappa shape index (κ2) is 4.55. The van der Waals surface area contributed by atoms with Crippen LogP contribution in [-0.2, 0) is 12.8 Å². The minimum atomic E-state index is -0.121. The minimum absolute atomic E-state index is 0.00727. The lowest BCUT2D eigenvalue weighted by Crippen LogP contribution is -2.36. The molecule has 88 valence electrons. The molecule has 0 bridgehead atoms. The number of likely N-dealkylation sites (N-methyl/N-ethyl adjacent to an activating group) is 1. The summed E-state index contributed by atoms with van der Waals surface area (Å²) in [4.78, 5) is 15.9. The fourth-order valence-electron chi connectivity index (χ4n) is 1.93. The van der Waals surface area contributed by atoms with Gasteiger partial charge >= 0.3 is 0 Å². The Morgan fingerprint density at radius 3 is 3.00 bits per heavy atom. The molecule has 0 aliphatic heterocycles. The molecule has 0 saturated heterocycles. The van der Waals surface area contributed by atoms with E-state index >= 15 is 0 Å². The van der Waals surface area contributed by atoms with Crippen LogP contribution in [0.3, 0.4) is 0 Å². The van der Waals surface area contributed by atoms with Crippen molar-refractivity contribution in [3.05, 3.63) is 21.4 Å². The number of hydrogen-bond acceptors (Lipinski definition) is 3. The van der Waals surface area contributed by atoms with Crippen LogP contribution < -0.4 is 0 Å². The average molecular weight is 239 g/mol. The van der Waals surface area contributed by atoms with Gasteiger partial charge in [-0.15, -0.1) is 11.3 Å². The highest BCUT2D eigenvalue weighted by molar-refractivity contribution is 7.14. The minimum Gasteiger partial charge on any atom is -0.394 e. The van der Waals surface area contributed by atoms with Gasteiger partial charge in [0.2, 0.25) is 0 Å². The first kappa shape index (κ1) is 11.6. The third-order valence-electron chi connectivity index (χ3n) is 3.20. The molecule has 0 saturated carbocycles. The molecule has 1 heterocycles. The van der Waals surface area contributed by atoms with Crippen LogP contribution in [0.2, 0.25) is 0 Å². The maximum atomic E-state index is 12.1. The second-order valence-corrected chi connectivity index (χ2v) is 5.50. The van der Waals surface area contributed by atoms with Gasteiger partial charge in [0.25, 0.3) is 5.91 Å². The van der Waals surface area contributed by atoms with Crippen LogP contribution in [0.25, 0.3) is 0 Å². The molecule has 1 aromatic heterocycles. The van der Waals surface area contributed by atoms with Crippen molar-refractivity contribution in [2.24, 2.45) is 0 Å². The normalized spacial score (nSPS) is 15.9. The number of aryl methyl sites for hydroxylation is 2. The van der Waals surface area contributed by atoms with E-state index in [0.29, 0.717) is 0 Å². The molecule has 1 aliphatic rings. The van der Waals surface area contributed by atoms with Gasteiger partial charge in [-0.1, -0.05) is 0 Å². The molecule has 0 fully saturated rings. The SMILES string of the molecule is CC(CO)N(C)C(=O)c1cc2c(s1)CCC2. The first-order chi connectivity index (χ1) is 7.63. The fourth-order valence-corrected chi connectivity index (χ4v) is 3.17. The van der Waals surface area contributed by atoms with Gasteiger partial charge < -0.3 is 10.0 Å². The summed E-state index contributed by atoms with van der Waals surface area (Å²) >= 11 is 1.61. The Labute approximate surface area is 99.7 Å². The van der Waals surface area contributed by atoms with Crippen molar-refractivity contribution in [1.29, 1.82) is 0 Å². The summed E-state index contributed by atoms with van der Waals surface area (Å²) < 4.78 is 0. The predicted octanol–water partition coefficient (Wildman–Crippen LogP) is 1.69. The number of carbonyl (C=O) groups is 1. The molecule has 2 rings (SSSR count). The number of rotatable bonds is 3. The van der Waals surface area contributed by atoms with E-state index in [1.54, 1.807) is 23.3 Å². The number of fused-ring (bicyclic) bond motifs is 1. The number of hydrogen-bond donors (Lipinski definition) is 1. The van der Waals surface area contributed by atoms with Crippen molar-refractivity contribution in [3.63, 3.8) is 0 Å². The zero-order valence-electron chi connectivity index (χ0n) is 9.69. The Bertz CT molecular complexity index is 378. The topological polar surface area (TPSA) is 40.5 Å². The highest BCUT2D eigenvalue weighted by atomic mass is 32.1. The lowest BCUT2D eigenvalue weighted by molar-refractivity contribution is 0.0687. The van der Waals surface area contributed by atoms with Crippen LogP contribution in [0.1, 0.15) is 33.5 Å². The maximum Gasteiger partial charge on any atom is 0.263 e. The van der Waals surface area contributed by atoms with Crippen molar-refractivity contribution in [2.75, 3.05) is 13.7 Å². The summed E-state index contributed by atoms with van der Waals surface area (Å²) in [5, 5.41) is 9.03. The Balaban J connectivity index is 2.15. The number of aliphatic hydroxyl groups excluding tert-OH is 1. The van der Waals surface area contributed by atoms with Crippen molar-refractivity contribution in [2.45, 2.75) is 32.2 Å². The van der Waals surface area contributed by atoms with E-state index in [2.05, 4.69) is 0 Å². The van der Waals surface area contributed by atoms with Crippen molar-refractivity contribution < 1.29 is 9.90 Å². The molecule has 16 heavy (non-hydrogen) atoms. The first-order valence-corrected chi connectivity index (χ1v) is 6.44. The molecule has 1 aliphatic carbocycles. The molecule has 0 spiro atoms. The summed E-state index contributed by atoms with van der Waals surface area (Å²) in [5.74, 6) is 0.0287. The van der Waals surface area contributed by atoms with E-state index in [4.69, 9.17) is 5.11 Å². The molecule has 1 atom stereocenters. The fraction of sp³-hybridized carbons (Fsp3) is 0.583. The summed E-state index contributed by atoms with van der Waals surface area (Å²) in [5.41, 5.74) is 1.35. The molecule has 1 aromatic rings. The quantitative estimate of drug-likeness (QED) is 0.872. The molecule has 1 unspecified atom stereocenters. The molecular formula is C12H17NO2S. The van der Waals surface area contributed by atoms with E-state index in [1.165, 1.54) is 16.9 Å². The van der Waals surface area contributed by atoms with Gasteiger partial charge in [-0.3, -0.25) is 4.79 Å². The van der Waals surface area contributed by atoms with E-state index in [0.717, 1.165) is 17.7 Å². The van der Waals surface area contributed by atoms with Gasteiger partial charge in [0.05, 0.1) is 17.5 Å². The molecule has 4 heteroatoms. The van der Waals surface area contributed by atoms with Gasteiger partial charge in [0, 0.05) is 11.9 Å². The summed E-state index contributed by atoms with van der Waals surface area (Å²) in [6, 6.07) is 1.90. The second-order valence-electron chi connectivity index (χ2n) is 4.36. The Hall–Kier alpha value is -0.870. The van der Waals surface area contributed by atoms with Crippen molar-refractivity contribution in [1.82, 2.24) is 4.90 Å². The van der Waals surface area contributed by atoms with E-state index in [-0.39, 0.29) is 18.6 Å². The van der Waals surface area contributed by atoms with Crippen molar-refractivity contribution in [3.8, 4) is 0 Å². The lowest BCUT2D eigenvalue weighted by Gasteiger charge is -2.22. The first-order valence-electron chi connectivity index (χ1n) is 5.63. The van der Waals surface area contributed by atoms with Gasteiger partial charge in [0.15, 0.2) is 0 Å². The van der Waals surface area contributed by atoms with Crippen LogP contribution in [0.5, 0.6) is 0 Å². The average Bonchev–Trinajstić information content (AvgIpc) is 2.85. The zero-order chi connectivity index (χ0) is 11.7. The molecule has 0 aromatic carbocycles. The molecule has 1 amide bonds. The lowest BCUT2D eigenvalue weighted by atomic mass is 10.2. The van der Waals surface area contributed by atoms with E-state index in [1.807, 2.05) is 13.0 Å². The number of amides is 1. The number of aliphatic hydroxyl groups is 1. The highest BCUT2D eigenvalue weighted by Gasteiger charge is 2.22. The third-order valence-corrected chi connectivity index (χ3v) is 4.43. The van der Waals surface area contributed by atoms with Crippen LogP contribution in [0.15, 0.2) is 6.07 Å². The highest BCUT2D eigenvalue weighted by Crippen LogP contribution is 2.31. The van der Waals surface area contributed by atoms with Gasteiger partial charge in [-0.25, -0.2) is 0 Å². The molecular weight excluding hydrogens is 222 g/mol. The Morgan fingerprint density at radius 1 is 1.62 bits per heavy atom. The van der Waals surface area contributed by atoms with Gasteiger partial charge in [-0.05, 0) is 37.8 Å². The summed E-state index contributed by atoms with van der Waals surface area (Å²) in [7, 11) is 1.74. The van der Waals surface area contributed by atoms with Gasteiger partial charge in [-0.2, -0.15) is 0 Å². The van der Waals surface area contributed by atoms with E-state index < -0.39 is 0 Å². The number of thiophene rings is 1. The van der Waals surface area contributed by atoms with Crippen LogP contribution in [-0.4, -0.2) is 35.6 Å². The molecule has 1 N–H and O–H groups in total. The summed E-state index contributed by atoms with van der Waals surface area (Å²) in [6.07, 6.45) is 3.45. The largest absolute Gasteiger partial charge is 0.394 e. The van der Waals surface area contributed by atoms with Crippen LogP contribution >= 0.6 is 11.3 Å². The number of carbonyl (C=O) groups excluding carboxylic acids is 1. The van der Waals surface area contributed by atoms with Gasteiger partial charge in [0.1, 0.15) is 0 Å². The van der Waals surface area contributed by atoms with E-state index in [9.17, 15) is 4.79 Å². The summed E-state index contributed by atoms with van der Waals surface area (Å²) in [6.45, 7) is 1.85. The Kier molecular flexibility index (Phi) is 3.30. The molecule has 0 radical (unpaired) electrons. The number of nitrogens with zero attached hydrogens (tertiary/aromatic N) is 1. The molecule has 3 nitrogen and oxygen atoms in total. The smallest absolute Gasteiger partial charge is 0.263 e. The maximum absolute atomic E-state index is 12.1. The monoisotopic (exact) mass is 239 g/mol. The van der Waals surface area contributed by atoms with Crippen molar-refractivity contribution >= 4 is 17.2 Å². The third kappa shape index (κ3) is 1.99. The van der Waals surface area contributed by atoms with Crippen LogP contribution in [0, 0.1) is 0 Å². The van der Waals surface area contributed by atoms with Crippen LogP contribution in [0.4, 0.5) is 0 Å². The Morgan fingerprint density at radius 2 is 2.38 bits per heavy atom.